The van der Waals surface area contributed by atoms with Crippen LogP contribution in [0, 0.1) is 11.8 Å². The fraction of sp³-hybridized carbons (Fsp3) is 0.632. The van der Waals surface area contributed by atoms with Gasteiger partial charge in [-0.2, -0.15) is 0 Å². The van der Waals surface area contributed by atoms with Crippen LogP contribution in [-0.2, 0) is 44.1 Å². The molecule has 2 rings (SSSR count). The number of primary amides is 2. The minimum Gasteiger partial charge on any atom is -0.507 e. The molecule has 0 spiro atoms. The van der Waals surface area contributed by atoms with E-state index in [1.807, 2.05) is 24.3 Å². The van der Waals surface area contributed by atoms with Gasteiger partial charge in [0.25, 0.3) is 0 Å². The lowest BCUT2D eigenvalue weighted by Gasteiger charge is -2.29. The fourth-order valence-corrected chi connectivity index (χ4v) is 5.95. The highest BCUT2D eigenvalue weighted by Gasteiger charge is 2.29. The molecule has 0 fully saturated rings. The summed E-state index contributed by atoms with van der Waals surface area (Å²) in [6.45, 7) is 24.9. The number of phenolic OH excluding ortho intramolecular Hbond substituents is 2. The predicted molar refractivity (Wildman–Crippen MR) is 182 cm³/mol. The maximum atomic E-state index is 12.5. The number of rotatable bonds is 11. The summed E-state index contributed by atoms with van der Waals surface area (Å²) in [7, 11) is 0. The summed E-state index contributed by atoms with van der Waals surface area (Å²) in [6, 6.07) is 8.05. The van der Waals surface area contributed by atoms with Crippen molar-refractivity contribution in [3.05, 3.63) is 57.6 Å². The summed E-state index contributed by atoms with van der Waals surface area (Å²) >= 11 is 0. The van der Waals surface area contributed by atoms with Crippen LogP contribution in [0.2, 0.25) is 0 Å². The molecule has 6 nitrogen and oxygen atoms in total. The van der Waals surface area contributed by atoms with Gasteiger partial charge in [-0.1, -0.05) is 120 Å². The summed E-state index contributed by atoms with van der Waals surface area (Å²) in [5.74, 6) is -0.749. The molecular weight excluding hydrogens is 548 g/mol. The Hall–Kier alpha value is -3.02. The maximum absolute atomic E-state index is 12.5. The van der Waals surface area contributed by atoms with Crippen molar-refractivity contribution < 1.29 is 19.8 Å². The Kier molecular flexibility index (Phi) is 11.4. The number of phenols is 2. The second-order valence-electron chi connectivity index (χ2n) is 17.0. The number of carbonyl (C=O) groups excluding carboxylic acids is 2. The number of nitrogens with two attached hydrogens (primary N) is 2. The number of aromatic hydroxyl groups is 2. The Morgan fingerprint density at radius 2 is 0.773 bits per heavy atom. The van der Waals surface area contributed by atoms with Crippen LogP contribution in [0.25, 0.3) is 0 Å². The molecule has 0 aliphatic rings. The Balaban J connectivity index is 2.22. The van der Waals surface area contributed by atoms with Crippen LogP contribution in [0.5, 0.6) is 11.5 Å². The zero-order chi connectivity index (χ0) is 34.0. The average Bonchev–Trinajstić information content (AvgIpc) is 2.83. The third-order valence-corrected chi connectivity index (χ3v) is 8.70. The van der Waals surface area contributed by atoms with Crippen LogP contribution in [0.15, 0.2) is 24.3 Å². The van der Waals surface area contributed by atoms with Gasteiger partial charge in [0.2, 0.25) is 11.8 Å². The van der Waals surface area contributed by atoms with Crippen molar-refractivity contribution in [1.82, 2.24) is 0 Å². The lowest BCUT2D eigenvalue weighted by Crippen LogP contribution is -2.27. The molecular formula is C38H60N2O4. The van der Waals surface area contributed by atoms with Gasteiger partial charge in [0, 0.05) is 11.8 Å². The third-order valence-electron chi connectivity index (χ3n) is 8.70. The van der Waals surface area contributed by atoms with Gasteiger partial charge in [-0.15, -0.1) is 0 Å². The first-order valence-corrected chi connectivity index (χ1v) is 16.2. The SMILES string of the molecule is CC(C)(C)c1cc(CC(CCCCC(Cc2cc(C(C)(C)C)c(O)c(C(C)(C)C)c2)C(N)=O)C(N)=O)cc(C(C)(C)C)c1O. The summed E-state index contributed by atoms with van der Waals surface area (Å²) in [5, 5.41) is 22.2. The maximum Gasteiger partial charge on any atom is 0.220 e. The van der Waals surface area contributed by atoms with Gasteiger partial charge < -0.3 is 21.7 Å². The topological polar surface area (TPSA) is 127 Å². The van der Waals surface area contributed by atoms with Crippen molar-refractivity contribution in [2.24, 2.45) is 23.3 Å². The summed E-state index contributed by atoms with van der Waals surface area (Å²) in [5.41, 5.74) is 16.2. The average molecular weight is 609 g/mol. The normalized spacial score (nSPS) is 14.4. The number of hydrogen-bond donors (Lipinski definition) is 4. The first kappa shape index (κ1) is 37.2. The van der Waals surface area contributed by atoms with Crippen molar-refractivity contribution in [2.45, 2.75) is 143 Å². The van der Waals surface area contributed by atoms with E-state index in [0.29, 0.717) is 37.2 Å². The molecule has 246 valence electrons. The molecule has 6 heteroatoms. The van der Waals surface area contributed by atoms with E-state index in [9.17, 15) is 19.8 Å². The highest BCUT2D eigenvalue weighted by Crippen LogP contribution is 2.42. The zero-order valence-electron chi connectivity index (χ0n) is 29.6. The lowest BCUT2D eigenvalue weighted by molar-refractivity contribution is -0.123. The van der Waals surface area contributed by atoms with E-state index in [4.69, 9.17) is 11.5 Å². The molecule has 6 N–H and O–H groups in total. The molecule has 2 amide bonds. The number of amides is 2. The van der Waals surface area contributed by atoms with Crippen molar-refractivity contribution in [1.29, 1.82) is 0 Å². The van der Waals surface area contributed by atoms with E-state index in [-0.39, 0.29) is 45.3 Å². The molecule has 0 aromatic heterocycles. The van der Waals surface area contributed by atoms with Crippen LogP contribution in [0.4, 0.5) is 0 Å². The zero-order valence-corrected chi connectivity index (χ0v) is 29.6. The monoisotopic (exact) mass is 608 g/mol. The van der Waals surface area contributed by atoms with Gasteiger partial charge in [-0.05, 0) is 80.7 Å². The molecule has 0 aliphatic carbocycles. The van der Waals surface area contributed by atoms with Crippen molar-refractivity contribution in [3.8, 4) is 11.5 Å². The summed E-state index contributed by atoms with van der Waals surface area (Å²) in [4.78, 5) is 25.1. The van der Waals surface area contributed by atoms with Gasteiger partial charge in [-0.3, -0.25) is 9.59 Å². The fourth-order valence-electron chi connectivity index (χ4n) is 5.95. The van der Waals surface area contributed by atoms with Crippen molar-refractivity contribution in [2.75, 3.05) is 0 Å². The van der Waals surface area contributed by atoms with E-state index in [2.05, 4.69) is 83.1 Å². The molecule has 2 unspecified atom stereocenters. The lowest BCUT2D eigenvalue weighted by atomic mass is 9.77. The molecule has 0 radical (unpaired) electrons. The minimum absolute atomic E-state index is 0.259. The molecule has 0 heterocycles. The largest absolute Gasteiger partial charge is 0.507 e. The quantitative estimate of drug-likeness (QED) is 0.194. The molecule has 2 aromatic rings. The number of carbonyl (C=O) groups is 2. The van der Waals surface area contributed by atoms with Crippen LogP contribution in [-0.4, -0.2) is 22.0 Å². The molecule has 2 atom stereocenters. The Bertz CT molecular complexity index is 1160. The third kappa shape index (κ3) is 9.74. The van der Waals surface area contributed by atoms with E-state index in [1.165, 1.54) is 0 Å². The smallest absolute Gasteiger partial charge is 0.220 e. The van der Waals surface area contributed by atoms with Crippen LogP contribution in [0.1, 0.15) is 142 Å². The van der Waals surface area contributed by atoms with Crippen LogP contribution in [0.3, 0.4) is 0 Å². The molecule has 44 heavy (non-hydrogen) atoms. The molecule has 0 saturated carbocycles. The summed E-state index contributed by atoms with van der Waals surface area (Å²) in [6.07, 6.45) is 3.70. The van der Waals surface area contributed by atoms with Crippen LogP contribution < -0.4 is 11.5 Å². The number of benzene rings is 2. The minimum atomic E-state index is -0.354. The Morgan fingerprint density at radius 3 is 0.955 bits per heavy atom. The number of hydrogen-bond acceptors (Lipinski definition) is 4. The van der Waals surface area contributed by atoms with Crippen LogP contribution >= 0.6 is 0 Å². The van der Waals surface area contributed by atoms with Gasteiger partial charge >= 0.3 is 0 Å². The first-order chi connectivity index (χ1) is 19.8. The van der Waals surface area contributed by atoms with E-state index in [0.717, 1.165) is 46.2 Å². The van der Waals surface area contributed by atoms with E-state index in [1.54, 1.807) is 0 Å². The second-order valence-corrected chi connectivity index (χ2v) is 17.0. The Morgan fingerprint density at radius 1 is 0.545 bits per heavy atom. The first-order valence-electron chi connectivity index (χ1n) is 16.2. The highest BCUT2D eigenvalue weighted by molar-refractivity contribution is 5.77. The van der Waals surface area contributed by atoms with Crippen molar-refractivity contribution in [3.63, 3.8) is 0 Å². The summed E-state index contributed by atoms with van der Waals surface area (Å²) < 4.78 is 0. The van der Waals surface area contributed by atoms with Crippen molar-refractivity contribution >= 4 is 11.8 Å². The van der Waals surface area contributed by atoms with E-state index >= 15 is 0 Å². The number of unbranched alkanes of at least 4 members (excludes halogenated alkanes) is 1. The van der Waals surface area contributed by atoms with Gasteiger partial charge in [0.15, 0.2) is 0 Å². The van der Waals surface area contributed by atoms with Gasteiger partial charge in [-0.25, -0.2) is 0 Å². The van der Waals surface area contributed by atoms with Gasteiger partial charge in [0.1, 0.15) is 11.5 Å². The van der Waals surface area contributed by atoms with Gasteiger partial charge in [0.05, 0.1) is 0 Å². The molecule has 0 aliphatic heterocycles. The predicted octanol–water partition coefficient (Wildman–Crippen LogP) is 7.84. The van der Waals surface area contributed by atoms with E-state index < -0.39 is 0 Å². The molecule has 2 aromatic carbocycles. The Labute approximate surface area is 267 Å². The highest BCUT2D eigenvalue weighted by atomic mass is 16.3. The second kappa shape index (κ2) is 13.5. The molecule has 0 saturated heterocycles. The standard InChI is InChI=1S/C38H60N2O4/c1-35(2,3)27-19-23(20-28(31(27)41)36(4,5)6)17-25(33(39)43)15-13-14-16-26(34(40)44)18-24-21-29(37(7,8)9)32(42)30(22-24)38(10,11)12/h19-22,25-26,41-42H,13-18H2,1-12H3,(H2,39,43)(H2,40,44). The molecule has 0 bridgehead atoms.